The zero-order valence-corrected chi connectivity index (χ0v) is 23.5. The third-order valence-corrected chi connectivity index (χ3v) is 8.82. The van der Waals surface area contributed by atoms with E-state index < -0.39 is 11.6 Å². The molecule has 0 saturated carbocycles. The van der Waals surface area contributed by atoms with Crippen molar-refractivity contribution in [2.24, 2.45) is 5.92 Å². The maximum Gasteiger partial charge on any atom is 0.226 e. The van der Waals surface area contributed by atoms with Gasteiger partial charge in [0.2, 0.25) is 5.95 Å². The first-order valence-electron chi connectivity index (χ1n) is 13.0. The minimum absolute atomic E-state index is 0.0354. The Bertz CT molecular complexity index is 1570. The van der Waals surface area contributed by atoms with Gasteiger partial charge >= 0.3 is 0 Å². The number of halogens is 2. The number of nitriles is 1. The van der Waals surface area contributed by atoms with Gasteiger partial charge in [-0.1, -0.05) is 25.5 Å². The normalized spacial score (nSPS) is 19.9. The number of nitrogens with two attached hydrogens (primary N) is 1. The van der Waals surface area contributed by atoms with E-state index in [-0.39, 0.29) is 51.8 Å². The van der Waals surface area contributed by atoms with Crippen LogP contribution in [-0.4, -0.2) is 36.3 Å². The fourth-order valence-corrected chi connectivity index (χ4v) is 6.54. The summed E-state index contributed by atoms with van der Waals surface area (Å²) in [5.41, 5.74) is 9.82. The molecule has 1 aromatic carbocycles. The van der Waals surface area contributed by atoms with Crippen LogP contribution in [0.2, 0.25) is 0 Å². The van der Waals surface area contributed by atoms with E-state index in [1.807, 2.05) is 18.7 Å². The van der Waals surface area contributed by atoms with E-state index in [4.69, 9.17) is 20.2 Å². The zero-order chi connectivity index (χ0) is 28.0. The first-order chi connectivity index (χ1) is 18.7. The Morgan fingerprint density at radius 3 is 2.72 bits per heavy atom. The van der Waals surface area contributed by atoms with Crippen molar-refractivity contribution in [1.29, 1.82) is 5.26 Å². The van der Waals surface area contributed by atoms with Gasteiger partial charge in [0.1, 0.15) is 22.4 Å². The van der Waals surface area contributed by atoms with Crippen molar-refractivity contribution in [3.8, 4) is 6.07 Å². The molecule has 1 saturated heterocycles. The first-order valence-corrected chi connectivity index (χ1v) is 13.8. The lowest BCUT2D eigenvalue weighted by atomic mass is 9.85. The zero-order valence-electron chi connectivity index (χ0n) is 22.7. The molecule has 0 bridgehead atoms. The number of hydrogen-bond acceptors (Lipinski definition) is 8. The molecule has 2 atom stereocenters. The maximum atomic E-state index is 16.9. The molecule has 5 rings (SSSR count). The number of nitrogen functional groups attached to an aromatic ring is 1. The highest BCUT2D eigenvalue weighted by Crippen LogP contribution is 2.47. The Morgan fingerprint density at radius 1 is 1.33 bits per heavy atom. The van der Waals surface area contributed by atoms with E-state index in [1.54, 1.807) is 20.2 Å². The van der Waals surface area contributed by atoms with Crippen LogP contribution < -0.4 is 10.6 Å². The largest absolute Gasteiger partial charge is 0.389 e. The summed E-state index contributed by atoms with van der Waals surface area (Å²) in [6.45, 7) is 9.25. The molecule has 1 fully saturated rings. The number of thiophene rings is 1. The fourth-order valence-electron chi connectivity index (χ4n) is 5.55. The predicted octanol–water partition coefficient (Wildman–Crippen LogP) is 6.35. The topological polar surface area (TPSA) is 97.3 Å². The van der Waals surface area contributed by atoms with Gasteiger partial charge in [-0.25, -0.2) is 18.7 Å². The molecule has 4 heterocycles. The third kappa shape index (κ3) is 4.39. The van der Waals surface area contributed by atoms with Crippen molar-refractivity contribution in [2.45, 2.75) is 53.4 Å². The minimum atomic E-state index is -0.545. The number of aromatic nitrogens is 2. The monoisotopic (exact) mass is 551 g/mol. The number of ether oxygens (including phenoxy) is 2. The van der Waals surface area contributed by atoms with Gasteiger partial charge in [0, 0.05) is 48.8 Å². The molecule has 2 N–H and O–H groups in total. The molecule has 39 heavy (non-hydrogen) atoms. The lowest BCUT2D eigenvalue weighted by Gasteiger charge is -2.21. The highest BCUT2D eigenvalue weighted by Gasteiger charge is 2.34. The van der Waals surface area contributed by atoms with Crippen LogP contribution in [-0.2, 0) is 22.7 Å². The van der Waals surface area contributed by atoms with Gasteiger partial charge in [0.15, 0.2) is 5.82 Å². The summed E-state index contributed by atoms with van der Waals surface area (Å²) >= 11 is 0.994. The number of hydrogen-bond donors (Lipinski definition) is 1. The molecule has 10 heteroatoms. The SMILES string of the molecule is C/C=C(/F)c1sc(N)c(C#N)c1/C(=C(\C)CC)c1c2c(c3cnc(N4CC(C)C(OC)C4)nc3c1F)COC2. The van der Waals surface area contributed by atoms with Crippen molar-refractivity contribution in [3.63, 3.8) is 0 Å². The van der Waals surface area contributed by atoms with Crippen LogP contribution in [0.15, 0.2) is 17.8 Å². The molecule has 7 nitrogen and oxygen atoms in total. The molecule has 204 valence electrons. The molecule has 2 aliphatic heterocycles. The number of anilines is 2. The van der Waals surface area contributed by atoms with Gasteiger partial charge in [0.05, 0.1) is 29.8 Å². The van der Waals surface area contributed by atoms with Crippen molar-refractivity contribution in [1.82, 2.24) is 9.97 Å². The fraction of sp³-hybridized carbons (Fsp3) is 0.414. The van der Waals surface area contributed by atoms with Crippen LogP contribution in [0.4, 0.5) is 19.7 Å². The lowest BCUT2D eigenvalue weighted by Crippen LogP contribution is -2.24. The summed E-state index contributed by atoms with van der Waals surface area (Å²) in [7, 11) is 1.68. The Balaban J connectivity index is 1.81. The average molecular weight is 552 g/mol. The number of benzene rings is 1. The average Bonchev–Trinajstić information content (AvgIpc) is 3.66. The van der Waals surface area contributed by atoms with Crippen LogP contribution in [0, 0.1) is 23.1 Å². The summed E-state index contributed by atoms with van der Waals surface area (Å²) in [4.78, 5) is 11.5. The van der Waals surface area contributed by atoms with Crippen LogP contribution in [0.25, 0.3) is 22.3 Å². The van der Waals surface area contributed by atoms with Crippen molar-refractivity contribution in [3.05, 3.63) is 56.4 Å². The van der Waals surface area contributed by atoms with E-state index >= 15 is 8.78 Å². The van der Waals surface area contributed by atoms with E-state index in [1.165, 1.54) is 6.08 Å². The molecule has 2 aliphatic rings. The van der Waals surface area contributed by atoms with Gasteiger partial charge in [-0.15, -0.1) is 11.3 Å². The molecule has 3 aromatic rings. The summed E-state index contributed by atoms with van der Waals surface area (Å²) in [5.74, 6) is -0.359. The third-order valence-electron chi connectivity index (χ3n) is 7.79. The predicted molar refractivity (Wildman–Crippen MR) is 150 cm³/mol. The molecule has 0 radical (unpaired) electrons. The second kappa shape index (κ2) is 10.6. The van der Waals surface area contributed by atoms with Gasteiger partial charge in [-0.3, -0.25) is 0 Å². The number of methoxy groups -OCH3 is 1. The summed E-state index contributed by atoms with van der Waals surface area (Å²) in [6.07, 6.45) is 3.57. The molecule has 0 spiro atoms. The number of rotatable bonds is 6. The summed E-state index contributed by atoms with van der Waals surface area (Å²) < 4.78 is 43.4. The maximum absolute atomic E-state index is 16.9. The molecule has 2 unspecified atom stereocenters. The first kappa shape index (κ1) is 27.2. The standard InChI is InChI=1S/C29H31F2N5O2S/c1-6-14(3)22(24-16(8-32)28(33)39-27(24)20(30)7-2)23-19-13-38-12-18(19)17-9-34-29(35-26(17)25(23)31)36-10-15(4)21(11-36)37-5/h7,9,15,21H,6,10-13,33H2,1-5H3/b20-7+,22-14+. The highest BCUT2D eigenvalue weighted by molar-refractivity contribution is 7.17. The molecular formula is C29H31F2N5O2S. The van der Waals surface area contributed by atoms with Crippen molar-refractivity contribution in [2.75, 3.05) is 30.8 Å². The van der Waals surface area contributed by atoms with Crippen LogP contribution in [0.5, 0.6) is 0 Å². The number of fused-ring (bicyclic) bond motifs is 3. The molecule has 2 aromatic heterocycles. The molecule has 0 amide bonds. The number of allylic oxidation sites excluding steroid dienone is 2. The quantitative estimate of drug-likeness (QED) is 0.381. The lowest BCUT2D eigenvalue weighted by molar-refractivity contribution is 0.0899. The Hall–Kier alpha value is -3.39. The minimum Gasteiger partial charge on any atom is -0.389 e. The van der Waals surface area contributed by atoms with E-state index in [9.17, 15) is 5.26 Å². The van der Waals surface area contributed by atoms with Gasteiger partial charge in [-0.2, -0.15) is 5.26 Å². The molecule has 0 aliphatic carbocycles. The van der Waals surface area contributed by atoms with Gasteiger partial charge in [0.25, 0.3) is 0 Å². The van der Waals surface area contributed by atoms with Crippen LogP contribution in [0.1, 0.15) is 66.8 Å². The van der Waals surface area contributed by atoms with Crippen LogP contribution in [0.3, 0.4) is 0 Å². The van der Waals surface area contributed by atoms with Gasteiger partial charge < -0.3 is 20.1 Å². The van der Waals surface area contributed by atoms with E-state index in [2.05, 4.69) is 18.0 Å². The Labute approximate surface area is 230 Å². The highest BCUT2D eigenvalue weighted by atomic mass is 32.1. The van der Waals surface area contributed by atoms with Gasteiger partial charge in [-0.05, 0) is 37.0 Å². The summed E-state index contributed by atoms with van der Waals surface area (Å²) in [5, 5.41) is 10.8. The smallest absolute Gasteiger partial charge is 0.226 e. The molecular weight excluding hydrogens is 520 g/mol. The van der Waals surface area contributed by atoms with E-state index in [0.29, 0.717) is 47.5 Å². The van der Waals surface area contributed by atoms with E-state index in [0.717, 1.165) is 22.5 Å². The Kier molecular flexibility index (Phi) is 7.42. The second-order valence-electron chi connectivity index (χ2n) is 10.0. The van der Waals surface area contributed by atoms with Crippen molar-refractivity contribution >= 4 is 44.6 Å². The van der Waals surface area contributed by atoms with Crippen molar-refractivity contribution < 1.29 is 18.3 Å². The number of nitrogens with zero attached hydrogens (tertiary/aromatic N) is 4. The van der Waals surface area contributed by atoms with Crippen LogP contribution >= 0.6 is 11.3 Å². The summed E-state index contributed by atoms with van der Waals surface area (Å²) in [6, 6.07) is 2.14. The second-order valence-corrected chi connectivity index (χ2v) is 11.1. The Morgan fingerprint density at radius 2 is 2.08 bits per heavy atom.